The van der Waals surface area contributed by atoms with Crippen LogP contribution in [0.3, 0.4) is 0 Å². The lowest BCUT2D eigenvalue weighted by molar-refractivity contribution is 0.0913. The second-order valence-corrected chi connectivity index (χ2v) is 3.61. The summed E-state index contributed by atoms with van der Waals surface area (Å²) >= 11 is 0. The highest BCUT2D eigenvalue weighted by molar-refractivity contribution is 5.98. The first-order valence-corrected chi connectivity index (χ1v) is 4.86. The molecule has 0 aromatic heterocycles. The van der Waals surface area contributed by atoms with Gasteiger partial charge in [-0.3, -0.25) is 4.79 Å². The largest absolute Gasteiger partial charge is 0.491 e. The predicted octanol–water partition coefficient (Wildman–Crippen LogP) is 0.478. The van der Waals surface area contributed by atoms with Crippen LogP contribution in [0.25, 0.3) is 0 Å². The van der Waals surface area contributed by atoms with Crippen LogP contribution in [-0.4, -0.2) is 30.3 Å². The van der Waals surface area contributed by atoms with E-state index in [9.17, 15) is 4.79 Å². The van der Waals surface area contributed by atoms with Gasteiger partial charge in [-0.2, -0.15) is 0 Å². The van der Waals surface area contributed by atoms with E-state index in [0.29, 0.717) is 17.9 Å². The number of hydrogen-bond acceptors (Lipinski definition) is 3. The van der Waals surface area contributed by atoms with Gasteiger partial charge in [-0.05, 0) is 18.6 Å². The second-order valence-electron chi connectivity index (χ2n) is 3.61. The van der Waals surface area contributed by atoms with E-state index in [1.54, 1.807) is 6.07 Å². The van der Waals surface area contributed by atoms with E-state index in [2.05, 4.69) is 5.32 Å². The molecule has 0 bridgehead atoms. The number of nitrogens with one attached hydrogen (secondary N) is 1. The molecule has 15 heavy (non-hydrogen) atoms. The van der Waals surface area contributed by atoms with Crippen molar-refractivity contribution in [3.05, 3.63) is 29.3 Å². The Morgan fingerprint density at radius 3 is 3.13 bits per heavy atom. The Balaban J connectivity index is 2.40. The van der Waals surface area contributed by atoms with Gasteiger partial charge in [0.1, 0.15) is 12.4 Å². The van der Waals surface area contributed by atoms with Crippen LogP contribution < -0.4 is 10.1 Å². The van der Waals surface area contributed by atoms with Crippen LogP contribution in [-0.2, 0) is 0 Å². The molecule has 1 amide bonds. The predicted molar refractivity (Wildman–Crippen MR) is 55.0 cm³/mol. The summed E-state index contributed by atoms with van der Waals surface area (Å²) in [6.45, 7) is 2.05. The van der Waals surface area contributed by atoms with Gasteiger partial charge in [-0.15, -0.1) is 0 Å². The fourth-order valence-corrected chi connectivity index (χ4v) is 1.64. The summed E-state index contributed by atoms with van der Waals surface area (Å²) in [6.07, 6.45) is 0. The number of aliphatic hydroxyl groups excluding tert-OH is 1. The van der Waals surface area contributed by atoms with E-state index in [1.165, 1.54) is 0 Å². The molecule has 0 radical (unpaired) electrons. The van der Waals surface area contributed by atoms with Gasteiger partial charge in [0.25, 0.3) is 5.91 Å². The monoisotopic (exact) mass is 207 g/mol. The summed E-state index contributed by atoms with van der Waals surface area (Å²) < 4.78 is 5.46. The van der Waals surface area contributed by atoms with Crippen molar-refractivity contribution < 1.29 is 14.6 Å². The van der Waals surface area contributed by atoms with E-state index >= 15 is 0 Å². The van der Waals surface area contributed by atoms with Gasteiger partial charge in [0, 0.05) is 0 Å². The first-order chi connectivity index (χ1) is 7.22. The normalized spacial score (nSPS) is 19.9. The van der Waals surface area contributed by atoms with Crippen LogP contribution in [0.4, 0.5) is 0 Å². The zero-order chi connectivity index (χ0) is 10.8. The Morgan fingerprint density at radius 2 is 2.40 bits per heavy atom. The van der Waals surface area contributed by atoms with Crippen molar-refractivity contribution in [2.75, 3.05) is 13.2 Å². The van der Waals surface area contributed by atoms with Gasteiger partial charge >= 0.3 is 0 Å². The zero-order valence-corrected chi connectivity index (χ0v) is 8.49. The zero-order valence-electron chi connectivity index (χ0n) is 8.49. The molecule has 1 aliphatic rings. The number of carbonyl (C=O) groups excluding carboxylic acids is 1. The minimum Gasteiger partial charge on any atom is -0.491 e. The number of benzene rings is 1. The lowest BCUT2D eigenvalue weighted by Gasteiger charge is -2.10. The molecule has 1 heterocycles. The van der Waals surface area contributed by atoms with Crippen LogP contribution in [0.2, 0.25) is 0 Å². The molecular formula is C11H13NO3. The molecule has 2 rings (SSSR count). The fraction of sp³-hybridized carbons (Fsp3) is 0.364. The molecule has 1 atom stereocenters. The molecule has 1 aromatic rings. The average molecular weight is 207 g/mol. The number of aryl methyl sites for hydroxylation is 1. The Kier molecular flexibility index (Phi) is 2.60. The lowest BCUT2D eigenvalue weighted by atomic mass is 10.1. The third-order valence-corrected chi connectivity index (χ3v) is 2.46. The summed E-state index contributed by atoms with van der Waals surface area (Å²) in [5, 5.41) is 11.7. The number of ether oxygens (including phenoxy) is 1. The van der Waals surface area contributed by atoms with Gasteiger partial charge in [-0.1, -0.05) is 12.1 Å². The number of rotatable bonds is 1. The Morgan fingerprint density at radius 1 is 1.60 bits per heavy atom. The number of amides is 1. The van der Waals surface area contributed by atoms with Crippen molar-refractivity contribution in [3.63, 3.8) is 0 Å². The third kappa shape index (κ3) is 1.80. The van der Waals surface area contributed by atoms with Gasteiger partial charge < -0.3 is 15.2 Å². The number of hydrogen-bond donors (Lipinski definition) is 2. The molecule has 0 saturated carbocycles. The van der Waals surface area contributed by atoms with E-state index in [4.69, 9.17) is 9.84 Å². The summed E-state index contributed by atoms with van der Waals surface area (Å²) in [6, 6.07) is 5.15. The molecule has 0 fully saturated rings. The minimum atomic E-state index is -0.329. The quantitative estimate of drug-likeness (QED) is 0.704. The smallest absolute Gasteiger partial charge is 0.255 e. The SMILES string of the molecule is Cc1cccc2c1C(=O)N[C@@H](CO)CO2. The van der Waals surface area contributed by atoms with E-state index in [1.807, 2.05) is 19.1 Å². The first-order valence-electron chi connectivity index (χ1n) is 4.86. The molecule has 1 aliphatic heterocycles. The summed E-state index contributed by atoms with van der Waals surface area (Å²) in [5.41, 5.74) is 1.44. The summed E-state index contributed by atoms with van der Waals surface area (Å²) in [7, 11) is 0. The van der Waals surface area contributed by atoms with E-state index < -0.39 is 0 Å². The highest BCUT2D eigenvalue weighted by Crippen LogP contribution is 2.23. The molecule has 80 valence electrons. The van der Waals surface area contributed by atoms with Gasteiger partial charge in [0.05, 0.1) is 18.2 Å². The van der Waals surface area contributed by atoms with Crippen LogP contribution in [0.5, 0.6) is 5.75 Å². The van der Waals surface area contributed by atoms with Crippen molar-refractivity contribution in [2.24, 2.45) is 0 Å². The molecule has 0 unspecified atom stereocenters. The van der Waals surface area contributed by atoms with Crippen LogP contribution >= 0.6 is 0 Å². The molecule has 0 spiro atoms. The summed E-state index contributed by atoms with van der Waals surface area (Å²) in [5.74, 6) is 0.406. The topological polar surface area (TPSA) is 58.6 Å². The molecule has 1 aromatic carbocycles. The molecule has 4 heteroatoms. The van der Waals surface area contributed by atoms with Crippen molar-refractivity contribution in [3.8, 4) is 5.75 Å². The summed E-state index contributed by atoms with van der Waals surface area (Å²) in [4.78, 5) is 11.8. The molecular weight excluding hydrogens is 194 g/mol. The average Bonchev–Trinajstić information content (AvgIpc) is 2.39. The van der Waals surface area contributed by atoms with Crippen molar-refractivity contribution >= 4 is 5.91 Å². The Bertz CT molecular complexity index is 389. The van der Waals surface area contributed by atoms with Gasteiger partial charge in [-0.25, -0.2) is 0 Å². The highest BCUT2D eigenvalue weighted by atomic mass is 16.5. The number of carbonyl (C=O) groups is 1. The first kappa shape index (κ1) is 9.98. The van der Waals surface area contributed by atoms with Crippen molar-refractivity contribution in [1.82, 2.24) is 5.32 Å². The van der Waals surface area contributed by atoms with Crippen LogP contribution in [0, 0.1) is 6.92 Å². The Labute approximate surface area is 87.9 Å². The maximum absolute atomic E-state index is 11.8. The lowest BCUT2D eigenvalue weighted by Crippen LogP contribution is -2.39. The standard InChI is InChI=1S/C11H13NO3/c1-7-3-2-4-9-10(7)11(14)12-8(5-13)6-15-9/h2-4,8,13H,5-6H2,1H3,(H,12,14)/t8-/m0/s1. The van der Waals surface area contributed by atoms with E-state index in [-0.39, 0.29) is 18.6 Å². The van der Waals surface area contributed by atoms with E-state index in [0.717, 1.165) is 5.56 Å². The fourth-order valence-electron chi connectivity index (χ4n) is 1.64. The molecule has 4 nitrogen and oxygen atoms in total. The molecule has 0 aliphatic carbocycles. The Hall–Kier alpha value is -1.55. The third-order valence-electron chi connectivity index (χ3n) is 2.46. The molecule has 0 saturated heterocycles. The second kappa shape index (κ2) is 3.90. The maximum atomic E-state index is 11.8. The van der Waals surface area contributed by atoms with Gasteiger partial charge in [0.15, 0.2) is 0 Å². The highest BCUT2D eigenvalue weighted by Gasteiger charge is 2.23. The number of fused-ring (bicyclic) bond motifs is 1. The van der Waals surface area contributed by atoms with Crippen molar-refractivity contribution in [1.29, 1.82) is 0 Å². The van der Waals surface area contributed by atoms with Gasteiger partial charge in [0.2, 0.25) is 0 Å². The van der Waals surface area contributed by atoms with Crippen molar-refractivity contribution in [2.45, 2.75) is 13.0 Å². The maximum Gasteiger partial charge on any atom is 0.255 e. The number of aliphatic hydroxyl groups is 1. The minimum absolute atomic E-state index is 0.112. The molecule has 2 N–H and O–H groups in total. The van der Waals surface area contributed by atoms with Crippen LogP contribution in [0.15, 0.2) is 18.2 Å². The van der Waals surface area contributed by atoms with Crippen LogP contribution in [0.1, 0.15) is 15.9 Å².